The van der Waals surface area contributed by atoms with E-state index >= 15 is 0 Å². The number of likely N-dealkylation sites (N-methyl/N-ethyl adjacent to an activating group) is 1. The van der Waals surface area contributed by atoms with E-state index in [9.17, 15) is 22.4 Å². The summed E-state index contributed by atoms with van der Waals surface area (Å²) in [7, 11) is -1.78. The van der Waals surface area contributed by atoms with E-state index in [2.05, 4.69) is 14.5 Å². The number of amides is 1. The van der Waals surface area contributed by atoms with Gasteiger partial charge < -0.3 is 10.1 Å². The predicted octanol–water partition coefficient (Wildman–Crippen LogP) is 2.83. The molecular formula is C17H13ClFN3O5S2. The Kier molecular flexibility index (Phi) is 5.73. The van der Waals surface area contributed by atoms with Crippen molar-refractivity contribution >= 4 is 56.4 Å². The number of methoxy groups -OCH3 is 1. The van der Waals surface area contributed by atoms with E-state index in [0.717, 1.165) is 17.4 Å². The average Bonchev–Trinajstić information content (AvgIpc) is 3.16. The highest BCUT2D eigenvalue weighted by atomic mass is 35.5. The van der Waals surface area contributed by atoms with Gasteiger partial charge >= 0.3 is 16.2 Å². The van der Waals surface area contributed by atoms with Crippen molar-refractivity contribution < 1.29 is 27.1 Å². The summed E-state index contributed by atoms with van der Waals surface area (Å²) >= 11 is 6.67. The van der Waals surface area contributed by atoms with Crippen molar-refractivity contribution in [2.45, 2.75) is 0 Å². The van der Waals surface area contributed by atoms with Gasteiger partial charge in [-0.1, -0.05) is 11.6 Å². The van der Waals surface area contributed by atoms with Gasteiger partial charge in [0, 0.05) is 12.7 Å². The fourth-order valence-corrected chi connectivity index (χ4v) is 4.37. The molecule has 2 aromatic rings. The molecule has 1 aromatic carbocycles. The number of hydrogen-bond donors (Lipinski definition) is 1. The molecule has 0 unspecified atom stereocenters. The van der Waals surface area contributed by atoms with E-state index in [1.807, 2.05) is 0 Å². The number of ether oxygens (including phenoxy) is 1. The van der Waals surface area contributed by atoms with Crippen molar-refractivity contribution in [2.24, 2.45) is 4.40 Å². The molecule has 1 aliphatic heterocycles. The molecule has 29 heavy (non-hydrogen) atoms. The zero-order valence-corrected chi connectivity index (χ0v) is 17.4. The van der Waals surface area contributed by atoms with Crippen LogP contribution in [0.3, 0.4) is 0 Å². The second kappa shape index (κ2) is 7.93. The highest BCUT2D eigenvalue weighted by Crippen LogP contribution is 2.26. The maximum atomic E-state index is 13.3. The highest BCUT2D eigenvalue weighted by molar-refractivity contribution is 7.88. The Labute approximate surface area is 174 Å². The van der Waals surface area contributed by atoms with Crippen molar-refractivity contribution in [2.75, 3.05) is 19.5 Å². The summed E-state index contributed by atoms with van der Waals surface area (Å²) < 4.78 is 47.1. The van der Waals surface area contributed by atoms with Crippen LogP contribution in [0.2, 0.25) is 5.02 Å². The van der Waals surface area contributed by atoms with E-state index in [1.54, 1.807) is 0 Å². The number of carbonyl (C=O) groups excluding carboxylic acids is 2. The maximum absolute atomic E-state index is 13.3. The monoisotopic (exact) mass is 457 g/mol. The van der Waals surface area contributed by atoms with Crippen molar-refractivity contribution in [1.82, 2.24) is 4.31 Å². The van der Waals surface area contributed by atoms with E-state index in [-0.39, 0.29) is 27.0 Å². The standard InChI is InChI=1S/C17H13ClFN3O5S2/c1-22-13(16(23)20-9-3-4-11(19)10(18)7-9)8-12(21-29(22,25)26)14-5-6-15(28-14)17(24)27-2/h3-8H,1-2H3,(H,20,23). The summed E-state index contributed by atoms with van der Waals surface area (Å²) in [5.74, 6) is -2.00. The van der Waals surface area contributed by atoms with E-state index < -0.39 is 27.9 Å². The van der Waals surface area contributed by atoms with Gasteiger partial charge in [-0.2, -0.15) is 8.42 Å². The van der Waals surface area contributed by atoms with E-state index in [0.29, 0.717) is 9.18 Å². The number of nitrogens with zero attached hydrogens (tertiary/aromatic N) is 2. The minimum atomic E-state index is -4.18. The summed E-state index contributed by atoms with van der Waals surface area (Å²) in [5.41, 5.74) is -0.0460. The third kappa shape index (κ3) is 4.31. The first-order valence-corrected chi connectivity index (χ1v) is 10.5. The van der Waals surface area contributed by atoms with Crippen LogP contribution >= 0.6 is 22.9 Å². The van der Waals surface area contributed by atoms with Gasteiger partial charge in [0.05, 0.1) is 22.7 Å². The Morgan fingerprint density at radius 2 is 2.00 bits per heavy atom. The van der Waals surface area contributed by atoms with Crippen LogP contribution in [-0.2, 0) is 19.7 Å². The van der Waals surface area contributed by atoms with Crippen LogP contribution in [0.25, 0.3) is 0 Å². The molecule has 0 aliphatic carbocycles. The van der Waals surface area contributed by atoms with Crippen molar-refractivity contribution in [3.8, 4) is 0 Å². The molecule has 0 spiro atoms. The van der Waals surface area contributed by atoms with Crippen molar-refractivity contribution in [3.05, 3.63) is 62.7 Å². The SMILES string of the molecule is COC(=O)c1ccc(C2=NS(=O)(=O)N(C)C(C(=O)Nc3ccc(F)c(Cl)c3)=C2)s1. The number of thiophene rings is 1. The minimum Gasteiger partial charge on any atom is -0.465 e. The second-order valence-corrected chi connectivity index (χ2v) is 8.81. The molecule has 152 valence electrons. The number of hydrogen-bond acceptors (Lipinski definition) is 6. The Balaban J connectivity index is 1.95. The van der Waals surface area contributed by atoms with Gasteiger partial charge in [-0.05, 0) is 36.4 Å². The molecule has 1 N–H and O–H groups in total. The Morgan fingerprint density at radius 3 is 2.66 bits per heavy atom. The highest BCUT2D eigenvalue weighted by Gasteiger charge is 2.30. The van der Waals surface area contributed by atoms with E-state index in [1.165, 1.54) is 44.5 Å². The normalized spacial score (nSPS) is 15.4. The molecule has 0 atom stereocenters. The molecule has 0 fully saturated rings. The lowest BCUT2D eigenvalue weighted by Gasteiger charge is -2.23. The van der Waals surface area contributed by atoms with Gasteiger partial charge in [-0.15, -0.1) is 15.7 Å². The van der Waals surface area contributed by atoms with E-state index in [4.69, 9.17) is 11.6 Å². The molecule has 0 bridgehead atoms. The first-order chi connectivity index (χ1) is 13.6. The predicted molar refractivity (Wildman–Crippen MR) is 107 cm³/mol. The number of nitrogens with one attached hydrogen (secondary N) is 1. The number of benzene rings is 1. The zero-order valence-electron chi connectivity index (χ0n) is 15.0. The largest absolute Gasteiger partial charge is 0.465 e. The van der Waals surface area contributed by atoms with Gasteiger partial charge in [0.1, 0.15) is 16.4 Å². The van der Waals surface area contributed by atoms with Crippen LogP contribution in [-0.4, -0.2) is 44.5 Å². The first-order valence-electron chi connectivity index (χ1n) is 7.88. The summed E-state index contributed by atoms with van der Waals surface area (Å²) in [6.45, 7) is 0. The van der Waals surface area contributed by atoms with Gasteiger partial charge in [0.15, 0.2) is 0 Å². The topological polar surface area (TPSA) is 105 Å². The van der Waals surface area contributed by atoms with Crippen LogP contribution in [0.1, 0.15) is 14.5 Å². The van der Waals surface area contributed by atoms with Crippen molar-refractivity contribution in [1.29, 1.82) is 0 Å². The van der Waals surface area contributed by atoms with Crippen LogP contribution < -0.4 is 5.32 Å². The Hall–Kier alpha value is -2.76. The maximum Gasteiger partial charge on any atom is 0.348 e. The molecule has 1 amide bonds. The molecule has 12 heteroatoms. The average molecular weight is 458 g/mol. The number of rotatable bonds is 4. The number of esters is 1. The Bertz CT molecular complexity index is 1170. The zero-order chi connectivity index (χ0) is 21.3. The molecular weight excluding hydrogens is 445 g/mol. The van der Waals surface area contributed by atoms with Crippen LogP contribution in [0, 0.1) is 5.82 Å². The summed E-state index contributed by atoms with van der Waals surface area (Å²) in [5, 5.41) is 2.27. The fourth-order valence-electron chi connectivity index (χ4n) is 2.34. The molecule has 1 aliphatic rings. The second-order valence-electron chi connectivity index (χ2n) is 5.69. The number of anilines is 1. The number of carbonyl (C=O) groups is 2. The molecule has 0 saturated heterocycles. The van der Waals surface area contributed by atoms with Crippen LogP contribution in [0.15, 0.2) is 46.5 Å². The van der Waals surface area contributed by atoms with Crippen molar-refractivity contribution in [3.63, 3.8) is 0 Å². The molecule has 1 aromatic heterocycles. The Morgan fingerprint density at radius 1 is 1.28 bits per heavy atom. The molecule has 8 nitrogen and oxygen atoms in total. The minimum absolute atomic E-state index is 0.00876. The van der Waals surface area contributed by atoms with Gasteiger partial charge in [0.2, 0.25) is 0 Å². The lowest BCUT2D eigenvalue weighted by atomic mass is 10.2. The number of allylic oxidation sites excluding steroid dienone is 1. The van der Waals surface area contributed by atoms with Crippen LogP contribution in [0.4, 0.5) is 10.1 Å². The lowest BCUT2D eigenvalue weighted by Crippen LogP contribution is -2.35. The molecule has 0 saturated carbocycles. The third-order valence-corrected chi connectivity index (χ3v) is 6.52. The molecule has 2 heterocycles. The summed E-state index contributed by atoms with van der Waals surface area (Å²) in [4.78, 5) is 24.9. The smallest absolute Gasteiger partial charge is 0.348 e. The summed E-state index contributed by atoms with van der Waals surface area (Å²) in [6.07, 6.45) is 1.27. The first kappa shape index (κ1) is 21.0. The molecule has 3 rings (SSSR count). The van der Waals surface area contributed by atoms with Crippen LogP contribution in [0.5, 0.6) is 0 Å². The number of halogens is 2. The van der Waals surface area contributed by atoms with Gasteiger partial charge in [-0.25, -0.2) is 13.5 Å². The van der Waals surface area contributed by atoms with Gasteiger partial charge in [-0.3, -0.25) is 4.79 Å². The third-order valence-electron chi connectivity index (χ3n) is 3.83. The summed E-state index contributed by atoms with van der Waals surface area (Å²) in [6, 6.07) is 6.52. The molecule has 0 radical (unpaired) electrons. The van der Waals surface area contributed by atoms with Gasteiger partial charge in [0.25, 0.3) is 5.91 Å². The quantitative estimate of drug-likeness (QED) is 0.711. The lowest BCUT2D eigenvalue weighted by molar-refractivity contribution is -0.113. The fraction of sp³-hybridized carbons (Fsp3) is 0.118.